The van der Waals surface area contributed by atoms with Crippen molar-refractivity contribution in [1.29, 1.82) is 0 Å². The molecule has 2 atom stereocenters. The molecule has 0 bridgehead atoms. The molecular weight excluding hydrogens is 506 g/mol. The summed E-state index contributed by atoms with van der Waals surface area (Å²) >= 11 is 0. The van der Waals surface area contributed by atoms with Crippen molar-refractivity contribution in [2.45, 2.75) is 25.4 Å². The number of amides is 3. The minimum atomic E-state index is -0.455. The molecule has 1 fully saturated rings. The van der Waals surface area contributed by atoms with Gasteiger partial charge in [0.1, 0.15) is 6.61 Å². The number of nitrogens with zero attached hydrogens (tertiary/aromatic N) is 3. The molecule has 0 N–H and O–H groups in total. The first-order valence-electron chi connectivity index (χ1n) is 13.9. The molecule has 6 rings (SSSR count). The van der Waals surface area contributed by atoms with Gasteiger partial charge in [-0.25, -0.2) is 0 Å². The highest BCUT2D eigenvalue weighted by Crippen LogP contribution is 2.36. The van der Waals surface area contributed by atoms with Gasteiger partial charge in [-0.15, -0.1) is 0 Å². The highest BCUT2D eigenvalue weighted by atomic mass is 16.6. The van der Waals surface area contributed by atoms with Crippen LogP contribution in [0.1, 0.15) is 39.1 Å². The zero-order chi connectivity index (χ0) is 27.6. The zero-order valence-electron chi connectivity index (χ0n) is 22.6. The first kappa shape index (κ1) is 25.9. The Morgan fingerprint density at radius 3 is 2.55 bits per heavy atom. The van der Waals surface area contributed by atoms with Gasteiger partial charge >= 0.3 is 0 Å². The average molecular weight is 540 g/mol. The van der Waals surface area contributed by atoms with Crippen LogP contribution < -0.4 is 14.4 Å². The van der Waals surface area contributed by atoms with E-state index in [1.807, 2.05) is 66.5 Å². The Kier molecular flexibility index (Phi) is 7.15. The first-order valence-corrected chi connectivity index (χ1v) is 13.9. The van der Waals surface area contributed by atoms with Gasteiger partial charge in [0.05, 0.1) is 29.3 Å². The van der Waals surface area contributed by atoms with Crippen molar-refractivity contribution in [2.24, 2.45) is 5.92 Å². The average Bonchev–Trinajstić information content (AvgIpc) is 3.24. The van der Waals surface area contributed by atoms with Crippen LogP contribution in [0, 0.1) is 5.92 Å². The fourth-order valence-corrected chi connectivity index (χ4v) is 5.86. The second kappa shape index (κ2) is 11.0. The van der Waals surface area contributed by atoms with E-state index < -0.39 is 6.10 Å². The van der Waals surface area contributed by atoms with Crippen LogP contribution in [0.2, 0.25) is 0 Å². The van der Waals surface area contributed by atoms with Gasteiger partial charge < -0.3 is 19.3 Å². The quantitative estimate of drug-likeness (QED) is 0.422. The molecule has 3 aliphatic rings. The van der Waals surface area contributed by atoms with E-state index in [1.54, 1.807) is 6.07 Å². The van der Waals surface area contributed by atoms with Crippen molar-refractivity contribution < 1.29 is 23.9 Å². The molecule has 206 valence electrons. The third-order valence-corrected chi connectivity index (χ3v) is 8.00. The molecule has 0 saturated carbocycles. The maximum absolute atomic E-state index is 13.6. The molecule has 8 nitrogen and oxygen atoms in total. The molecule has 8 heteroatoms. The predicted molar refractivity (Wildman–Crippen MR) is 151 cm³/mol. The Morgan fingerprint density at radius 2 is 1.73 bits per heavy atom. The Morgan fingerprint density at radius 1 is 0.950 bits per heavy atom. The minimum absolute atomic E-state index is 0.105. The molecule has 2 unspecified atom stereocenters. The summed E-state index contributed by atoms with van der Waals surface area (Å²) in [6.07, 6.45) is 1.99. The standard InChI is InChI=1S/C32H33N3O5/c1-33(18-16-22-9-3-2-4-10-22)30(36)23-11-8-17-34(19-23)26-13-7-12-25-29(26)32(38)35(31(25)37)20-24-21-39-27-14-5-6-15-28(27)40-24/h2-7,9-10,12-15,23-24H,8,11,16-21H2,1H3. The number of rotatable bonds is 7. The van der Waals surface area contributed by atoms with Gasteiger partial charge in [-0.05, 0) is 49.1 Å². The lowest BCUT2D eigenvalue weighted by atomic mass is 9.94. The van der Waals surface area contributed by atoms with Crippen LogP contribution in [0.3, 0.4) is 0 Å². The number of para-hydroxylation sites is 2. The van der Waals surface area contributed by atoms with Crippen LogP contribution in [-0.2, 0) is 11.2 Å². The number of carbonyl (C=O) groups excluding carboxylic acids is 3. The number of ether oxygens (including phenoxy) is 2. The van der Waals surface area contributed by atoms with Gasteiger partial charge in [0.2, 0.25) is 5.91 Å². The lowest BCUT2D eigenvalue weighted by Gasteiger charge is -2.36. The summed E-state index contributed by atoms with van der Waals surface area (Å²) in [7, 11) is 1.86. The second-order valence-corrected chi connectivity index (χ2v) is 10.7. The zero-order valence-corrected chi connectivity index (χ0v) is 22.6. The Balaban J connectivity index is 1.14. The first-order chi connectivity index (χ1) is 19.5. The molecule has 0 aliphatic carbocycles. The van der Waals surface area contributed by atoms with Gasteiger partial charge in [0.15, 0.2) is 17.6 Å². The molecule has 0 spiro atoms. The molecule has 3 aliphatic heterocycles. The van der Waals surface area contributed by atoms with Gasteiger partial charge in [-0.2, -0.15) is 0 Å². The molecule has 0 radical (unpaired) electrons. The van der Waals surface area contributed by atoms with Crippen molar-refractivity contribution >= 4 is 23.4 Å². The highest BCUT2D eigenvalue weighted by Gasteiger charge is 2.41. The van der Waals surface area contributed by atoms with Crippen LogP contribution >= 0.6 is 0 Å². The number of fused-ring (bicyclic) bond motifs is 2. The van der Waals surface area contributed by atoms with Crippen LogP contribution in [0.5, 0.6) is 11.5 Å². The normalized spacial score (nSPS) is 19.9. The fourth-order valence-electron chi connectivity index (χ4n) is 5.86. The number of hydrogen-bond acceptors (Lipinski definition) is 6. The van der Waals surface area contributed by atoms with Crippen LogP contribution in [-0.4, -0.2) is 73.5 Å². The maximum Gasteiger partial charge on any atom is 0.263 e. The van der Waals surface area contributed by atoms with Crippen LogP contribution in [0.15, 0.2) is 72.8 Å². The summed E-state index contributed by atoms with van der Waals surface area (Å²) in [5, 5.41) is 0. The van der Waals surface area contributed by atoms with E-state index in [0.717, 1.165) is 25.8 Å². The van der Waals surface area contributed by atoms with Crippen molar-refractivity contribution in [2.75, 3.05) is 44.7 Å². The van der Waals surface area contributed by atoms with E-state index >= 15 is 0 Å². The summed E-state index contributed by atoms with van der Waals surface area (Å²) in [4.78, 5) is 45.5. The van der Waals surface area contributed by atoms with Crippen LogP contribution in [0.4, 0.5) is 5.69 Å². The van der Waals surface area contributed by atoms with E-state index in [9.17, 15) is 14.4 Å². The molecule has 3 aromatic carbocycles. The third kappa shape index (κ3) is 5.01. The van der Waals surface area contributed by atoms with Gasteiger partial charge in [0, 0.05) is 26.7 Å². The number of hydrogen-bond donors (Lipinski definition) is 0. The Hall–Kier alpha value is -4.33. The fraction of sp³-hybridized carbons (Fsp3) is 0.344. The smallest absolute Gasteiger partial charge is 0.263 e. The summed E-state index contributed by atoms with van der Waals surface area (Å²) in [6.45, 7) is 2.26. The third-order valence-electron chi connectivity index (χ3n) is 8.00. The summed E-state index contributed by atoms with van der Waals surface area (Å²) in [5.41, 5.74) is 2.73. The number of imide groups is 1. The van der Waals surface area contributed by atoms with E-state index in [4.69, 9.17) is 9.47 Å². The molecule has 3 heterocycles. The molecule has 40 heavy (non-hydrogen) atoms. The monoisotopic (exact) mass is 539 g/mol. The lowest BCUT2D eigenvalue weighted by Crippen LogP contribution is -2.45. The maximum atomic E-state index is 13.6. The Bertz CT molecular complexity index is 1430. The van der Waals surface area contributed by atoms with Gasteiger partial charge in [0.25, 0.3) is 11.8 Å². The van der Waals surface area contributed by atoms with Crippen molar-refractivity contribution in [1.82, 2.24) is 9.80 Å². The lowest BCUT2D eigenvalue weighted by molar-refractivity contribution is -0.134. The van der Waals surface area contributed by atoms with Gasteiger partial charge in [-0.3, -0.25) is 19.3 Å². The summed E-state index contributed by atoms with van der Waals surface area (Å²) in [6, 6.07) is 22.9. The number of likely N-dealkylation sites (N-methyl/N-ethyl adjacent to an activating group) is 1. The molecule has 1 saturated heterocycles. The van der Waals surface area contributed by atoms with E-state index in [0.29, 0.717) is 41.4 Å². The largest absolute Gasteiger partial charge is 0.486 e. The van der Waals surface area contributed by atoms with E-state index in [2.05, 4.69) is 17.0 Å². The SMILES string of the molecule is CN(CCc1ccccc1)C(=O)C1CCCN(c2cccc3c2C(=O)N(CC2COc4ccccc4O2)C3=O)C1. The van der Waals surface area contributed by atoms with E-state index in [-0.39, 0.29) is 36.8 Å². The molecule has 3 aromatic rings. The number of benzene rings is 3. The van der Waals surface area contributed by atoms with Crippen molar-refractivity contribution in [3.8, 4) is 11.5 Å². The summed E-state index contributed by atoms with van der Waals surface area (Å²) in [5.74, 6) is 0.562. The molecule has 0 aromatic heterocycles. The number of carbonyl (C=O) groups is 3. The number of anilines is 1. The van der Waals surface area contributed by atoms with Crippen molar-refractivity contribution in [3.63, 3.8) is 0 Å². The summed E-state index contributed by atoms with van der Waals surface area (Å²) < 4.78 is 11.8. The topological polar surface area (TPSA) is 79.4 Å². The van der Waals surface area contributed by atoms with Crippen molar-refractivity contribution in [3.05, 3.63) is 89.5 Å². The van der Waals surface area contributed by atoms with Crippen LogP contribution in [0.25, 0.3) is 0 Å². The highest BCUT2D eigenvalue weighted by molar-refractivity contribution is 6.23. The predicted octanol–water partition coefficient (Wildman–Crippen LogP) is 4.04. The second-order valence-electron chi connectivity index (χ2n) is 10.7. The Labute approximate surface area is 234 Å². The minimum Gasteiger partial charge on any atom is -0.486 e. The number of piperidine rings is 1. The van der Waals surface area contributed by atoms with Gasteiger partial charge in [-0.1, -0.05) is 48.5 Å². The van der Waals surface area contributed by atoms with E-state index in [1.165, 1.54) is 10.5 Å². The molecular formula is C32H33N3O5. The molecule has 3 amide bonds.